The maximum absolute atomic E-state index is 2.62. The Morgan fingerprint density at radius 2 is 1.09 bits per heavy atom. The van der Waals surface area contributed by atoms with Gasteiger partial charge in [0, 0.05) is 43.3 Å². The van der Waals surface area contributed by atoms with Gasteiger partial charge >= 0.3 is 0 Å². The molecular weight excluding hydrogens is 707 g/mol. The molecule has 0 saturated heterocycles. The molecule has 1 aromatic heterocycles. The summed E-state index contributed by atoms with van der Waals surface area (Å²) >= 11 is 2.01. The summed E-state index contributed by atoms with van der Waals surface area (Å²) in [5.74, 6) is 0. The standard InChI is InChI=1S/C53H61BN2S/c1-32-27-43-46-44(28-32)56(36-19-15-33(16-20-36)49(2,3)4)47-38-22-17-35(51(8,9)10)30-45(38)57-48(47)54(46)41-29-34(50(5,6)7)18-24-42(41)55(43)37-21-23-39-40(31-37)53(13,14)26-25-52(39,11)12/h15-24,27-31H,25-26H2,1-14H3. The Bertz CT molecular complexity index is 2600. The van der Waals surface area contributed by atoms with Crippen LogP contribution in [0.5, 0.6) is 0 Å². The number of aryl methyl sites for hydroxylation is 1. The molecule has 2 nitrogen and oxygen atoms in total. The van der Waals surface area contributed by atoms with Crippen molar-refractivity contribution < 1.29 is 0 Å². The molecule has 3 heterocycles. The number of thiophene rings is 1. The summed E-state index contributed by atoms with van der Waals surface area (Å²) in [5, 5.41) is 1.34. The van der Waals surface area contributed by atoms with Crippen LogP contribution in [-0.2, 0) is 27.1 Å². The van der Waals surface area contributed by atoms with Gasteiger partial charge < -0.3 is 9.80 Å². The molecule has 0 unspecified atom stereocenters. The lowest BCUT2D eigenvalue weighted by atomic mass is 9.36. The summed E-state index contributed by atoms with van der Waals surface area (Å²) < 4.78 is 2.80. The number of benzene rings is 5. The van der Waals surface area contributed by atoms with Crippen molar-refractivity contribution >= 4 is 78.0 Å². The minimum absolute atomic E-state index is 0.0117. The van der Waals surface area contributed by atoms with Gasteiger partial charge in [-0.2, -0.15) is 0 Å². The van der Waals surface area contributed by atoms with Crippen molar-refractivity contribution in [2.45, 2.75) is 137 Å². The predicted octanol–water partition coefficient (Wildman–Crippen LogP) is 13.5. The summed E-state index contributed by atoms with van der Waals surface area (Å²) in [6.45, 7) is 33.1. The second kappa shape index (κ2) is 12.4. The van der Waals surface area contributed by atoms with Gasteiger partial charge in [0.05, 0.1) is 5.69 Å². The van der Waals surface area contributed by atoms with Crippen molar-refractivity contribution in [1.82, 2.24) is 0 Å². The SMILES string of the molecule is Cc1cc2c3c(c1)N(c1ccc(C(C)(C)C)cc1)c1c(sc4cc(C(C)(C)C)ccc14)B3c1cc(C(C)(C)C)ccc1N2c1ccc2c(c1)C(C)(C)CCC2(C)C. The monoisotopic (exact) mass is 768 g/mol. The predicted molar refractivity (Wildman–Crippen MR) is 252 cm³/mol. The van der Waals surface area contributed by atoms with Crippen LogP contribution < -0.4 is 25.5 Å². The molecule has 3 aliphatic rings. The molecule has 1 aliphatic carbocycles. The van der Waals surface area contributed by atoms with Gasteiger partial charge in [-0.05, 0) is 140 Å². The first-order chi connectivity index (χ1) is 26.5. The van der Waals surface area contributed by atoms with Crippen LogP contribution in [-0.4, -0.2) is 6.71 Å². The molecule has 292 valence electrons. The Balaban J connectivity index is 1.38. The maximum atomic E-state index is 2.62. The fourth-order valence-corrected chi connectivity index (χ4v) is 11.3. The molecule has 0 atom stereocenters. The molecule has 0 spiro atoms. The first-order valence-electron chi connectivity index (χ1n) is 21.3. The minimum Gasteiger partial charge on any atom is -0.311 e. The lowest BCUT2D eigenvalue weighted by Crippen LogP contribution is -2.60. The molecule has 0 fully saturated rings. The Kier molecular flexibility index (Phi) is 8.30. The van der Waals surface area contributed by atoms with Gasteiger partial charge in [-0.3, -0.25) is 0 Å². The smallest absolute Gasteiger partial charge is 0.264 e. The van der Waals surface area contributed by atoms with E-state index in [1.54, 1.807) is 0 Å². The number of fused-ring (bicyclic) bond motifs is 7. The average Bonchev–Trinajstić information content (AvgIpc) is 3.50. The molecular formula is C53H61BN2S. The normalized spacial score (nSPS) is 17.0. The lowest BCUT2D eigenvalue weighted by Gasteiger charge is -2.45. The van der Waals surface area contributed by atoms with Crippen molar-refractivity contribution in [1.29, 1.82) is 0 Å². The minimum atomic E-state index is 0.0117. The summed E-state index contributed by atoms with van der Waals surface area (Å²) in [7, 11) is 0. The van der Waals surface area contributed by atoms with E-state index in [2.05, 4.69) is 198 Å². The molecule has 57 heavy (non-hydrogen) atoms. The van der Waals surface area contributed by atoms with Crippen molar-refractivity contribution in [2.75, 3.05) is 9.80 Å². The summed E-state index contributed by atoms with van der Waals surface area (Å²) in [5.41, 5.74) is 19.3. The molecule has 4 heteroatoms. The Morgan fingerprint density at radius 3 is 1.72 bits per heavy atom. The van der Waals surface area contributed by atoms with Crippen LogP contribution in [0.3, 0.4) is 0 Å². The third kappa shape index (κ3) is 6.02. The van der Waals surface area contributed by atoms with E-state index in [0.29, 0.717) is 0 Å². The number of rotatable bonds is 2. The number of hydrogen-bond acceptors (Lipinski definition) is 3. The quantitative estimate of drug-likeness (QED) is 0.162. The van der Waals surface area contributed by atoms with Crippen molar-refractivity contribution in [3.8, 4) is 0 Å². The van der Waals surface area contributed by atoms with Crippen LogP contribution in [0.25, 0.3) is 10.1 Å². The molecule has 0 saturated carbocycles. The van der Waals surface area contributed by atoms with Crippen molar-refractivity contribution in [3.05, 3.63) is 124 Å². The highest BCUT2D eigenvalue weighted by molar-refractivity contribution is 7.33. The Morgan fingerprint density at radius 1 is 0.544 bits per heavy atom. The van der Waals surface area contributed by atoms with Gasteiger partial charge in [-0.25, -0.2) is 0 Å². The lowest BCUT2D eigenvalue weighted by molar-refractivity contribution is 0.332. The molecule has 0 bridgehead atoms. The number of anilines is 6. The zero-order chi connectivity index (χ0) is 40.8. The average molecular weight is 769 g/mol. The van der Waals surface area contributed by atoms with E-state index >= 15 is 0 Å². The highest BCUT2D eigenvalue weighted by Crippen LogP contribution is 2.51. The molecule has 0 amide bonds. The van der Waals surface area contributed by atoms with E-state index < -0.39 is 0 Å². The summed E-state index contributed by atoms with van der Waals surface area (Å²) in [4.78, 5) is 5.24. The Labute approximate surface area is 347 Å². The van der Waals surface area contributed by atoms with Crippen LogP contribution in [0.1, 0.15) is 136 Å². The van der Waals surface area contributed by atoms with E-state index in [1.807, 2.05) is 11.3 Å². The summed E-state index contributed by atoms with van der Waals surface area (Å²) in [6.07, 6.45) is 2.40. The topological polar surface area (TPSA) is 6.48 Å². The molecule has 5 aromatic carbocycles. The van der Waals surface area contributed by atoms with Crippen LogP contribution in [0.4, 0.5) is 34.1 Å². The zero-order valence-electron chi connectivity index (χ0n) is 37.0. The molecule has 0 radical (unpaired) electrons. The van der Waals surface area contributed by atoms with E-state index in [1.165, 1.54) is 106 Å². The van der Waals surface area contributed by atoms with E-state index in [0.717, 1.165) is 0 Å². The highest BCUT2D eigenvalue weighted by atomic mass is 32.1. The van der Waals surface area contributed by atoms with E-state index in [4.69, 9.17) is 0 Å². The second-order valence-electron chi connectivity index (χ2n) is 21.9. The fraction of sp³-hybridized carbons (Fsp3) is 0.396. The van der Waals surface area contributed by atoms with Crippen molar-refractivity contribution in [2.24, 2.45) is 0 Å². The van der Waals surface area contributed by atoms with Gasteiger partial charge in [-0.1, -0.05) is 132 Å². The third-order valence-corrected chi connectivity index (χ3v) is 14.8. The van der Waals surface area contributed by atoms with E-state index in [9.17, 15) is 0 Å². The Hall–Kier alpha value is -4.28. The van der Waals surface area contributed by atoms with Gasteiger partial charge in [0.2, 0.25) is 0 Å². The summed E-state index contributed by atoms with van der Waals surface area (Å²) in [6, 6.07) is 36.5. The third-order valence-electron chi connectivity index (χ3n) is 13.6. The van der Waals surface area contributed by atoms with Crippen molar-refractivity contribution in [3.63, 3.8) is 0 Å². The highest BCUT2D eigenvalue weighted by Gasteiger charge is 2.46. The molecule has 9 rings (SSSR count). The van der Waals surface area contributed by atoms with Crippen LogP contribution in [0.15, 0.2) is 91.0 Å². The maximum Gasteiger partial charge on any atom is 0.264 e. The largest absolute Gasteiger partial charge is 0.311 e. The van der Waals surface area contributed by atoms with Gasteiger partial charge in [0.25, 0.3) is 6.71 Å². The van der Waals surface area contributed by atoms with Crippen LogP contribution in [0.2, 0.25) is 0 Å². The molecule has 2 aliphatic heterocycles. The first kappa shape index (κ1) is 38.3. The number of nitrogens with zero attached hydrogens (tertiary/aromatic N) is 2. The van der Waals surface area contributed by atoms with Crippen LogP contribution in [0, 0.1) is 6.92 Å². The van der Waals surface area contributed by atoms with E-state index in [-0.39, 0.29) is 33.8 Å². The van der Waals surface area contributed by atoms with Crippen LogP contribution >= 0.6 is 11.3 Å². The fourth-order valence-electron chi connectivity index (χ4n) is 9.93. The second-order valence-corrected chi connectivity index (χ2v) is 23.0. The molecule has 0 N–H and O–H groups in total. The van der Waals surface area contributed by atoms with Gasteiger partial charge in [0.15, 0.2) is 0 Å². The van der Waals surface area contributed by atoms with Gasteiger partial charge in [0.1, 0.15) is 0 Å². The number of hydrogen-bond donors (Lipinski definition) is 0. The molecule has 6 aromatic rings. The first-order valence-corrected chi connectivity index (χ1v) is 22.1. The zero-order valence-corrected chi connectivity index (χ0v) is 37.8. The van der Waals surface area contributed by atoms with Gasteiger partial charge in [-0.15, -0.1) is 11.3 Å².